The highest BCUT2D eigenvalue weighted by Gasteiger charge is 2.18. The smallest absolute Gasteiger partial charge is 0.230 e. The number of thiophene rings is 1. The Morgan fingerprint density at radius 1 is 1.26 bits per heavy atom. The van der Waals surface area contributed by atoms with Crippen LogP contribution in [0.5, 0.6) is 0 Å². The van der Waals surface area contributed by atoms with Gasteiger partial charge in [0.15, 0.2) is 0 Å². The normalized spacial score (nSPS) is 15.5. The van der Waals surface area contributed by atoms with E-state index < -0.39 is 0 Å². The molecule has 0 bridgehead atoms. The number of aromatic nitrogens is 2. The first-order chi connectivity index (χ1) is 11.3. The fourth-order valence-electron chi connectivity index (χ4n) is 3.08. The Morgan fingerprint density at radius 2 is 2.09 bits per heavy atom. The minimum Gasteiger partial charge on any atom is -0.353 e. The fraction of sp³-hybridized carbons (Fsp3) is 0.353. The molecule has 0 aliphatic heterocycles. The van der Waals surface area contributed by atoms with Gasteiger partial charge in [0.2, 0.25) is 5.91 Å². The van der Waals surface area contributed by atoms with Crippen LogP contribution >= 0.6 is 23.1 Å². The van der Waals surface area contributed by atoms with Gasteiger partial charge in [0.25, 0.3) is 0 Å². The van der Waals surface area contributed by atoms with Gasteiger partial charge >= 0.3 is 0 Å². The second kappa shape index (κ2) is 6.45. The van der Waals surface area contributed by atoms with Crippen molar-refractivity contribution in [2.24, 2.45) is 0 Å². The number of carbonyl (C=O) groups is 1. The molecule has 0 radical (unpaired) electrons. The number of benzene rings is 1. The summed E-state index contributed by atoms with van der Waals surface area (Å²) in [5, 5.41) is 5.18. The summed E-state index contributed by atoms with van der Waals surface area (Å²) in [5.41, 5.74) is 0.985. The number of fused-ring (bicyclic) bond motifs is 3. The SMILES string of the molecule is O=C(CSc1ncnc2c1sc1ccccc12)NC1CCCC1. The quantitative estimate of drug-likeness (QED) is 0.575. The van der Waals surface area contributed by atoms with Crippen LogP contribution in [0.25, 0.3) is 20.3 Å². The molecule has 6 heteroatoms. The predicted molar refractivity (Wildman–Crippen MR) is 96.0 cm³/mol. The van der Waals surface area contributed by atoms with Crippen LogP contribution in [0.1, 0.15) is 25.7 Å². The molecule has 1 aliphatic rings. The molecule has 0 spiro atoms. The topological polar surface area (TPSA) is 54.9 Å². The van der Waals surface area contributed by atoms with Crippen molar-refractivity contribution in [3.8, 4) is 0 Å². The summed E-state index contributed by atoms with van der Waals surface area (Å²) in [6.45, 7) is 0. The van der Waals surface area contributed by atoms with Crippen molar-refractivity contribution in [3.63, 3.8) is 0 Å². The summed E-state index contributed by atoms with van der Waals surface area (Å²) in [5.74, 6) is 0.520. The highest BCUT2D eigenvalue weighted by atomic mass is 32.2. The van der Waals surface area contributed by atoms with Gasteiger partial charge in [-0.3, -0.25) is 4.79 Å². The second-order valence-electron chi connectivity index (χ2n) is 5.79. The molecule has 0 atom stereocenters. The van der Waals surface area contributed by atoms with Crippen LogP contribution in [0.4, 0.5) is 0 Å². The van der Waals surface area contributed by atoms with Crippen LogP contribution in [0.3, 0.4) is 0 Å². The number of amides is 1. The number of rotatable bonds is 4. The molecule has 0 unspecified atom stereocenters. The zero-order valence-electron chi connectivity index (χ0n) is 12.6. The Labute approximate surface area is 142 Å². The van der Waals surface area contributed by atoms with Gasteiger partial charge in [0.05, 0.1) is 16.0 Å². The van der Waals surface area contributed by atoms with E-state index in [1.165, 1.54) is 29.3 Å². The molecule has 2 heterocycles. The number of nitrogens with one attached hydrogen (secondary N) is 1. The van der Waals surface area contributed by atoms with Crippen molar-refractivity contribution in [1.82, 2.24) is 15.3 Å². The predicted octanol–water partition coefficient (Wildman–Crippen LogP) is 4.00. The highest BCUT2D eigenvalue weighted by molar-refractivity contribution is 8.00. The molecular weight excluding hydrogens is 326 g/mol. The lowest BCUT2D eigenvalue weighted by atomic mass is 10.2. The molecule has 4 nitrogen and oxygen atoms in total. The van der Waals surface area contributed by atoms with E-state index in [4.69, 9.17) is 0 Å². The van der Waals surface area contributed by atoms with E-state index in [-0.39, 0.29) is 5.91 Å². The molecule has 1 amide bonds. The molecule has 1 saturated carbocycles. The lowest BCUT2D eigenvalue weighted by Crippen LogP contribution is -2.33. The maximum absolute atomic E-state index is 12.1. The van der Waals surface area contributed by atoms with Crippen LogP contribution in [0.2, 0.25) is 0 Å². The van der Waals surface area contributed by atoms with E-state index in [1.807, 2.05) is 12.1 Å². The maximum Gasteiger partial charge on any atom is 0.230 e. The summed E-state index contributed by atoms with van der Waals surface area (Å²) in [4.78, 5) is 20.9. The number of thioether (sulfide) groups is 1. The van der Waals surface area contributed by atoms with Crippen molar-refractivity contribution in [2.75, 3.05) is 5.75 Å². The van der Waals surface area contributed by atoms with Crippen molar-refractivity contribution >= 4 is 49.3 Å². The molecule has 3 aromatic rings. The molecule has 23 heavy (non-hydrogen) atoms. The summed E-state index contributed by atoms with van der Waals surface area (Å²) in [6.07, 6.45) is 6.28. The molecule has 118 valence electrons. The van der Waals surface area contributed by atoms with E-state index in [2.05, 4.69) is 27.4 Å². The second-order valence-corrected chi connectivity index (χ2v) is 7.81. The van der Waals surface area contributed by atoms with Crippen LogP contribution in [0.15, 0.2) is 35.6 Å². The summed E-state index contributed by atoms with van der Waals surface area (Å²) in [6, 6.07) is 8.62. The van der Waals surface area contributed by atoms with Gasteiger partial charge in [-0.25, -0.2) is 9.97 Å². The minimum absolute atomic E-state index is 0.106. The van der Waals surface area contributed by atoms with Gasteiger partial charge in [0.1, 0.15) is 11.4 Å². The van der Waals surface area contributed by atoms with Crippen LogP contribution in [0, 0.1) is 0 Å². The first kappa shape index (κ1) is 14.9. The van der Waals surface area contributed by atoms with E-state index in [0.29, 0.717) is 11.8 Å². The number of hydrogen-bond donors (Lipinski definition) is 1. The van der Waals surface area contributed by atoms with E-state index in [1.54, 1.807) is 17.7 Å². The Morgan fingerprint density at radius 3 is 2.96 bits per heavy atom. The molecule has 1 aliphatic carbocycles. The van der Waals surface area contributed by atoms with Gasteiger partial charge in [-0.1, -0.05) is 42.8 Å². The van der Waals surface area contributed by atoms with Gasteiger partial charge in [-0.2, -0.15) is 0 Å². The number of carbonyl (C=O) groups excluding carboxylic acids is 1. The minimum atomic E-state index is 0.106. The number of hydrogen-bond acceptors (Lipinski definition) is 5. The molecule has 4 rings (SSSR count). The van der Waals surface area contributed by atoms with Crippen molar-refractivity contribution in [1.29, 1.82) is 0 Å². The third kappa shape index (κ3) is 3.05. The lowest BCUT2D eigenvalue weighted by molar-refractivity contribution is -0.119. The van der Waals surface area contributed by atoms with Crippen molar-refractivity contribution in [3.05, 3.63) is 30.6 Å². The number of nitrogens with zero attached hydrogens (tertiary/aromatic N) is 2. The van der Waals surface area contributed by atoms with E-state index in [9.17, 15) is 4.79 Å². The van der Waals surface area contributed by atoms with Gasteiger partial charge in [-0.05, 0) is 18.9 Å². The third-order valence-electron chi connectivity index (χ3n) is 4.19. The fourth-order valence-corrected chi connectivity index (χ4v) is 5.12. The molecule has 0 saturated heterocycles. The average molecular weight is 343 g/mol. The summed E-state index contributed by atoms with van der Waals surface area (Å²) < 4.78 is 2.28. The lowest BCUT2D eigenvalue weighted by Gasteiger charge is -2.11. The standard InChI is InChI=1S/C17H17N3OS2/c21-14(20-11-5-1-2-6-11)9-22-17-16-15(18-10-19-17)12-7-3-4-8-13(12)23-16/h3-4,7-8,10-11H,1-2,5-6,9H2,(H,20,21). The monoisotopic (exact) mass is 343 g/mol. The van der Waals surface area contributed by atoms with Gasteiger partial charge in [-0.15, -0.1) is 11.3 Å². The summed E-state index contributed by atoms with van der Waals surface area (Å²) >= 11 is 3.20. The Bertz CT molecular complexity index is 855. The van der Waals surface area contributed by atoms with E-state index in [0.717, 1.165) is 33.5 Å². The Hall–Kier alpha value is -1.66. The molecule has 2 aromatic heterocycles. The first-order valence-electron chi connectivity index (χ1n) is 7.85. The molecule has 1 aromatic carbocycles. The average Bonchev–Trinajstić information content (AvgIpc) is 3.20. The van der Waals surface area contributed by atoms with Crippen LogP contribution in [-0.4, -0.2) is 27.7 Å². The molecule has 1 fully saturated rings. The Balaban J connectivity index is 1.53. The van der Waals surface area contributed by atoms with Crippen molar-refractivity contribution < 1.29 is 4.79 Å². The maximum atomic E-state index is 12.1. The molecule has 1 N–H and O–H groups in total. The van der Waals surface area contributed by atoms with E-state index >= 15 is 0 Å². The van der Waals surface area contributed by atoms with Crippen LogP contribution < -0.4 is 5.32 Å². The molecular formula is C17H17N3OS2. The highest BCUT2D eigenvalue weighted by Crippen LogP contribution is 2.36. The zero-order chi connectivity index (χ0) is 15.6. The third-order valence-corrected chi connectivity index (χ3v) is 6.47. The first-order valence-corrected chi connectivity index (χ1v) is 9.66. The van der Waals surface area contributed by atoms with Gasteiger partial charge < -0.3 is 5.32 Å². The largest absolute Gasteiger partial charge is 0.353 e. The Kier molecular flexibility index (Phi) is 4.18. The van der Waals surface area contributed by atoms with Crippen LogP contribution in [-0.2, 0) is 4.79 Å². The van der Waals surface area contributed by atoms with Crippen molar-refractivity contribution in [2.45, 2.75) is 36.8 Å². The summed E-state index contributed by atoms with van der Waals surface area (Å²) in [7, 11) is 0. The van der Waals surface area contributed by atoms with Gasteiger partial charge in [0, 0.05) is 16.1 Å². The zero-order valence-corrected chi connectivity index (χ0v) is 14.3.